The Morgan fingerprint density at radius 1 is 0.829 bits per heavy atom. The zero-order chi connectivity index (χ0) is 27.9. The van der Waals surface area contributed by atoms with E-state index >= 15 is 0 Å². The third kappa shape index (κ3) is 4.88. The number of amides is 1. The summed E-state index contributed by atoms with van der Waals surface area (Å²) in [6, 6.07) is 38.1. The van der Waals surface area contributed by atoms with Gasteiger partial charge in [-0.15, -0.1) is 0 Å². The van der Waals surface area contributed by atoms with Gasteiger partial charge in [0.15, 0.2) is 6.61 Å². The molecule has 0 bridgehead atoms. The lowest BCUT2D eigenvalue weighted by molar-refractivity contribution is -0.121. The molecule has 41 heavy (non-hydrogen) atoms. The Hall–Kier alpha value is -4.12. The normalized spacial score (nSPS) is 15.6. The maximum Gasteiger partial charge on any atom is 0.265 e. The van der Waals surface area contributed by atoms with Crippen LogP contribution in [-0.2, 0) is 4.79 Å². The second kappa shape index (κ2) is 10.7. The predicted molar refractivity (Wildman–Crippen MR) is 167 cm³/mol. The fraction of sp³-hybridized carbons (Fsp3) is 0.194. The number of hydrogen-bond acceptors (Lipinski definition) is 3. The Bertz CT molecular complexity index is 1690. The molecule has 2 aliphatic heterocycles. The zero-order valence-electron chi connectivity index (χ0n) is 23.0. The van der Waals surface area contributed by atoms with Crippen LogP contribution in [0, 0.1) is 12.8 Å². The van der Waals surface area contributed by atoms with E-state index in [1.54, 1.807) is 0 Å². The van der Waals surface area contributed by atoms with Gasteiger partial charge in [-0.25, -0.2) is 0 Å². The number of halogens is 1. The fourth-order valence-corrected chi connectivity index (χ4v) is 6.65. The molecule has 1 amide bonds. The number of aryl methyl sites for hydroxylation is 1. The summed E-state index contributed by atoms with van der Waals surface area (Å²) in [5.41, 5.74) is 6.49. The van der Waals surface area contributed by atoms with E-state index in [1.165, 1.54) is 22.1 Å². The molecule has 0 N–H and O–H groups in total. The molecule has 0 aliphatic carbocycles. The molecule has 2 aliphatic rings. The summed E-state index contributed by atoms with van der Waals surface area (Å²) in [7, 11) is 0. The van der Waals surface area contributed by atoms with Gasteiger partial charge in [0.25, 0.3) is 5.91 Å². The highest BCUT2D eigenvalue weighted by Gasteiger charge is 2.37. The van der Waals surface area contributed by atoms with Gasteiger partial charge in [0, 0.05) is 31.1 Å². The number of rotatable bonds is 6. The van der Waals surface area contributed by atoms with E-state index in [-0.39, 0.29) is 18.6 Å². The van der Waals surface area contributed by atoms with Gasteiger partial charge in [-0.3, -0.25) is 9.69 Å². The number of carbonyl (C=O) groups excluding carboxylic acids is 1. The standard InChI is InChI=1S/C36H31ClN2O2/c1-24-16-28-14-8-9-15-29(28)30(17-24)31-18-34-33(19-32(31)37)39(35(40)23-41-34)22-25-20-38(21-25)36(26-10-4-2-5-11-26)27-12-6-3-7-13-27/h2-19,25,36H,20-23H2,1H3. The summed E-state index contributed by atoms with van der Waals surface area (Å²) in [5.74, 6) is 1.04. The Labute approximate surface area is 245 Å². The molecule has 204 valence electrons. The Balaban J connectivity index is 1.15. The molecule has 0 spiro atoms. The summed E-state index contributed by atoms with van der Waals surface area (Å²) in [6.07, 6.45) is 0. The van der Waals surface area contributed by atoms with Gasteiger partial charge in [0.1, 0.15) is 5.75 Å². The van der Waals surface area contributed by atoms with Crippen molar-refractivity contribution in [3.63, 3.8) is 0 Å². The average Bonchev–Trinajstić information content (AvgIpc) is 2.97. The topological polar surface area (TPSA) is 32.8 Å². The Kier molecular flexibility index (Phi) is 6.74. The maximum atomic E-state index is 13.1. The van der Waals surface area contributed by atoms with E-state index in [1.807, 2.05) is 23.1 Å². The number of nitrogens with zero attached hydrogens (tertiary/aromatic N) is 2. The lowest BCUT2D eigenvalue weighted by atomic mass is 9.89. The average molecular weight is 559 g/mol. The predicted octanol–water partition coefficient (Wildman–Crippen LogP) is 7.92. The molecule has 1 saturated heterocycles. The number of anilines is 1. The lowest BCUT2D eigenvalue weighted by Gasteiger charge is -2.46. The quantitative estimate of drug-likeness (QED) is 0.212. The lowest BCUT2D eigenvalue weighted by Crippen LogP contribution is -2.54. The summed E-state index contributed by atoms with van der Waals surface area (Å²) in [6.45, 7) is 4.60. The van der Waals surface area contributed by atoms with Crippen LogP contribution < -0.4 is 9.64 Å². The van der Waals surface area contributed by atoms with Crippen LogP contribution >= 0.6 is 11.6 Å². The summed E-state index contributed by atoms with van der Waals surface area (Å²) in [5, 5.41) is 2.93. The SMILES string of the molecule is Cc1cc(-c2cc3c(cc2Cl)N(CC2CN(C(c4ccccc4)c4ccccc4)C2)C(=O)CO3)c2ccccc2c1. The van der Waals surface area contributed by atoms with Gasteiger partial charge < -0.3 is 9.64 Å². The van der Waals surface area contributed by atoms with Crippen molar-refractivity contribution in [1.29, 1.82) is 0 Å². The van der Waals surface area contributed by atoms with Crippen molar-refractivity contribution < 1.29 is 9.53 Å². The van der Waals surface area contributed by atoms with Gasteiger partial charge in [-0.2, -0.15) is 0 Å². The zero-order valence-corrected chi connectivity index (χ0v) is 23.7. The number of benzene rings is 5. The van der Waals surface area contributed by atoms with Crippen LogP contribution in [0.3, 0.4) is 0 Å². The highest BCUT2D eigenvalue weighted by atomic mass is 35.5. The molecule has 5 aromatic rings. The molecule has 5 heteroatoms. The minimum absolute atomic E-state index is 0.0246. The van der Waals surface area contributed by atoms with Crippen LogP contribution in [0.4, 0.5) is 5.69 Å². The van der Waals surface area contributed by atoms with Crippen LogP contribution in [0.25, 0.3) is 21.9 Å². The molecule has 5 aromatic carbocycles. The van der Waals surface area contributed by atoms with Crippen LogP contribution in [0.2, 0.25) is 5.02 Å². The highest BCUT2D eigenvalue weighted by Crippen LogP contribution is 2.44. The first kappa shape index (κ1) is 25.8. The minimum atomic E-state index is -0.0246. The molecular formula is C36H31ClN2O2. The van der Waals surface area contributed by atoms with Crippen LogP contribution in [0.5, 0.6) is 5.75 Å². The number of fused-ring (bicyclic) bond motifs is 2. The van der Waals surface area contributed by atoms with Crippen molar-refractivity contribution in [3.05, 3.63) is 131 Å². The highest BCUT2D eigenvalue weighted by molar-refractivity contribution is 6.34. The fourth-order valence-electron chi connectivity index (χ4n) is 6.39. The van der Waals surface area contributed by atoms with Crippen molar-refractivity contribution in [2.45, 2.75) is 13.0 Å². The first-order chi connectivity index (χ1) is 20.0. The summed E-state index contributed by atoms with van der Waals surface area (Å²) >= 11 is 6.94. The third-order valence-corrected chi connectivity index (χ3v) is 8.62. The van der Waals surface area contributed by atoms with E-state index in [0.29, 0.717) is 23.2 Å². The monoisotopic (exact) mass is 558 g/mol. The second-order valence-corrected chi connectivity index (χ2v) is 11.6. The first-order valence-corrected chi connectivity index (χ1v) is 14.5. The van der Waals surface area contributed by atoms with Crippen LogP contribution in [0.15, 0.2) is 109 Å². The second-order valence-electron chi connectivity index (χ2n) is 11.2. The molecule has 4 nitrogen and oxygen atoms in total. The molecule has 0 saturated carbocycles. The smallest absolute Gasteiger partial charge is 0.265 e. The van der Waals surface area contributed by atoms with E-state index in [9.17, 15) is 4.79 Å². The minimum Gasteiger partial charge on any atom is -0.482 e. The van der Waals surface area contributed by atoms with E-state index in [2.05, 4.69) is 103 Å². The summed E-state index contributed by atoms with van der Waals surface area (Å²) in [4.78, 5) is 17.5. The van der Waals surface area contributed by atoms with Crippen LogP contribution in [-0.4, -0.2) is 37.0 Å². The van der Waals surface area contributed by atoms with Crippen molar-refractivity contribution >= 4 is 34.0 Å². The van der Waals surface area contributed by atoms with Gasteiger partial charge in [-0.05, 0) is 52.1 Å². The maximum absolute atomic E-state index is 13.1. The Morgan fingerprint density at radius 3 is 2.20 bits per heavy atom. The number of likely N-dealkylation sites (tertiary alicyclic amines) is 1. The molecule has 7 rings (SSSR count). The number of ether oxygens (including phenoxy) is 1. The van der Waals surface area contributed by atoms with Gasteiger partial charge in [0.2, 0.25) is 0 Å². The van der Waals surface area contributed by atoms with Crippen molar-refractivity contribution in [3.8, 4) is 16.9 Å². The Morgan fingerprint density at radius 2 is 1.49 bits per heavy atom. The van der Waals surface area contributed by atoms with Crippen molar-refractivity contribution in [1.82, 2.24) is 4.90 Å². The number of hydrogen-bond donors (Lipinski definition) is 0. The van der Waals surface area contributed by atoms with Gasteiger partial charge in [0.05, 0.1) is 16.8 Å². The van der Waals surface area contributed by atoms with Crippen LogP contribution in [0.1, 0.15) is 22.7 Å². The van der Waals surface area contributed by atoms with Crippen molar-refractivity contribution in [2.24, 2.45) is 5.92 Å². The van der Waals surface area contributed by atoms with E-state index in [4.69, 9.17) is 16.3 Å². The van der Waals surface area contributed by atoms with Gasteiger partial charge >= 0.3 is 0 Å². The molecule has 0 radical (unpaired) electrons. The first-order valence-electron chi connectivity index (χ1n) is 14.2. The molecule has 0 unspecified atom stereocenters. The molecule has 2 heterocycles. The third-order valence-electron chi connectivity index (χ3n) is 8.31. The van der Waals surface area contributed by atoms with E-state index < -0.39 is 0 Å². The molecule has 0 atom stereocenters. The largest absolute Gasteiger partial charge is 0.482 e. The summed E-state index contributed by atoms with van der Waals surface area (Å²) < 4.78 is 5.97. The van der Waals surface area contributed by atoms with Gasteiger partial charge in [-0.1, -0.05) is 109 Å². The van der Waals surface area contributed by atoms with Crippen molar-refractivity contribution in [2.75, 3.05) is 31.1 Å². The molecule has 0 aromatic heterocycles. The number of carbonyl (C=O) groups is 1. The van der Waals surface area contributed by atoms with E-state index in [0.717, 1.165) is 35.3 Å². The molecule has 1 fully saturated rings. The molecular weight excluding hydrogens is 528 g/mol.